The number of ether oxygens (including phenoxy) is 2. The first-order valence-corrected chi connectivity index (χ1v) is 11.3. The molecule has 0 saturated carbocycles. The Morgan fingerprint density at radius 2 is 2.00 bits per heavy atom. The Labute approximate surface area is 198 Å². The molecule has 0 radical (unpaired) electrons. The van der Waals surface area contributed by atoms with E-state index < -0.39 is 5.56 Å². The lowest BCUT2D eigenvalue weighted by atomic mass is 9.86. The number of hydrogen-bond acceptors (Lipinski definition) is 8. The van der Waals surface area contributed by atoms with Crippen molar-refractivity contribution in [1.29, 1.82) is 0 Å². The van der Waals surface area contributed by atoms with Crippen molar-refractivity contribution in [2.45, 2.75) is 26.3 Å². The molecule has 3 aromatic rings. The normalized spacial score (nSPS) is 14.1. The van der Waals surface area contributed by atoms with Gasteiger partial charge in [0, 0.05) is 32.1 Å². The molecule has 9 nitrogen and oxygen atoms in total. The van der Waals surface area contributed by atoms with Gasteiger partial charge in [0.05, 0.1) is 26.3 Å². The van der Waals surface area contributed by atoms with Crippen LogP contribution in [-0.4, -0.2) is 55.3 Å². The number of fused-ring (bicyclic) bond motifs is 1. The Bertz CT molecular complexity index is 1280. The zero-order valence-electron chi connectivity index (χ0n) is 20.2. The number of methoxy groups -OCH3 is 2. The second-order valence-corrected chi connectivity index (χ2v) is 8.76. The highest BCUT2D eigenvalue weighted by Gasteiger charge is 2.24. The summed E-state index contributed by atoms with van der Waals surface area (Å²) in [7, 11) is 4.73. The topological polar surface area (TPSA) is 112 Å². The highest BCUT2D eigenvalue weighted by atomic mass is 16.5. The lowest BCUT2D eigenvalue weighted by Crippen LogP contribution is -2.29. The molecule has 0 amide bonds. The third-order valence-corrected chi connectivity index (χ3v) is 6.06. The summed E-state index contributed by atoms with van der Waals surface area (Å²) in [6.07, 6.45) is 0. The first-order chi connectivity index (χ1) is 16.3. The number of aromatic amines is 1. The molecule has 180 valence electrons. The van der Waals surface area contributed by atoms with Crippen LogP contribution in [0.3, 0.4) is 0 Å². The van der Waals surface area contributed by atoms with Crippen molar-refractivity contribution in [1.82, 2.24) is 15.3 Å². The third-order valence-electron chi connectivity index (χ3n) is 6.06. The SMILES string of the molecule is COc1cc2nc(N(C)Cc3cccc(C(C4=NCCN4)C(C)C)c3)[nH]c(=O)c2c(O)c1OC. The van der Waals surface area contributed by atoms with E-state index >= 15 is 0 Å². The molecule has 2 aromatic carbocycles. The third kappa shape index (κ3) is 4.37. The molecular weight excluding hydrogens is 434 g/mol. The number of nitrogens with one attached hydrogen (secondary N) is 2. The molecule has 1 aliphatic heterocycles. The molecule has 0 fully saturated rings. The van der Waals surface area contributed by atoms with Gasteiger partial charge >= 0.3 is 0 Å². The second-order valence-electron chi connectivity index (χ2n) is 8.76. The molecule has 9 heteroatoms. The molecule has 3 N–H and O–H groups in total. The van der Waals surface area contributed by atoms with Gasteiger partial charge in [0.2, 0.25) is 11.7 Å². The molecule has 1 aromatic heterocycles. The number of aliphatic imine (C=N–C) groups is 1. The highest BCUT2D eigenvalue weighted by Crippen LogP contribution is 2.40. The number of benzene rings is 2. The number of phenols is 1. The maximum Gasteiger partial charge on any atom is 0.264 e. The standard InChI is InChI=1S/C25H31N5O4/c1-14(2)19(23-26-9-10-27-23)16-8-6-7-15(11-16)13-30(3)25-28-17-12-18(33-4)22(34-5)21(31)20(17)24(32)29-25/h6-8,11-12,14,19,31H,9-10,13H2,1-5H3,(H,26,27)(H,28,29,32). The van der Waals surface area contributed by atoms with E-state index in [1.165, 1.54) is 19.8 Å². The van der Waals surface area contributed by atoms with Crippen LogP contribution >= 0.6 is 0 Å². The smallest absolute Gasteiger partial charge is 0.264 e. The summed E-state index contributed by atoms with van der Waals surface area (Å²) in [6.45, 7) is 6.64. The number of H-pyrrole nitrogens is 1. The van der Waals surface area contributed by atoms with Crippen molar-refractivity contribution in [3.63, 3.8) is 0 Å². The molecule has 0 bridgehead atoms. The molecule has 0 spiro atoms. The summed E-state index contributed by atoms with van der Waals surface area (Å²) in [5.41, 5.74) is 2.15. The van der Waals surface area contributed by atoms with E-state index in [-0.39, 0.29) is 22.8 Å². The minimum absolute atomic E-state index is 0.0569. The maximum absolute atomic E-state index is 12.8. The number of aromatic hydroxyl groups is 1. The van der Waals surface area contributed by atoms with Gasteiger partial charge in [0.1, 0.15) is 11.2 Å². The van der Waals surface area contributed by atoms with E-state index in [9.17, 15) is 9.90 Å². The van der Waals surface area contributed by atoms with Gasteiger partial charge in [0.15, 0.2) is 11.5 Å². The fraction of sp³-hybridized carbons (Fsp3) is 0.400. The number of aromatic nitrogens is 2. The first-order valence-electron chi connectivity index (χ1n) is 11.3. The Balaban J connectivity index is 1.65. The Morgan fingerprint density at radius 3 is 2.65 bits per heavy atom. The van der Waals surface area contributed by atoms with Crippen molar-refractivity contribution in [3.8, 4) is 17.2 Å². The number of anilines is 1. The number of hydrogen-bond donors (Lipinski definition) is 3. The van der Waals surface area contributed by atoms with Gasteiger partial charge < -0.3 is 24.8 Å². The number of rotatable bonds is 8. The minimum atomic E-state index is -0.454. The van der Waals surface area contributed by atoms with Gasteiger partial charge in [-0.05, 0) is 17.0 Å². The lowest BCUT2D eigenvalue weighted by Gasteiger charge is -2.23. The molecule has 1 aliphatic rings. The average Bonchev–Trinajstić information content (AvgIpc) is 3.32. The summed E-state index contributed by atoms with van der Waals surface area (Å²) in [5, 5.41) is 14.0. The van der Waals surface area contributed by atoms with Crippen LogP contribution in [0.25, 0.3) is 10.9 Å². The van der Waals surface area contributed by atoms with Crippen LogP contribution in [0, 0.1) is 5.92 Å². The molecule has 1 unspecified atom stereocenters. The molecular formula is C25H31N5O4. The van der Waals surface area contributed by atoms with E-state index in [1.807, 2.05) is 11.9 Å². The van der Waals surface area contributed by atoms with E-state index in [1.54, 1.807) is 6.07 Å². The van der Waals surface area contributed by atoms with Crippen LogP contribution in [0.5, 0.6) is 17.2 Å². The second kappa shape index (κ2) is 9.62. The molecule has 34 heavy (non-hydrogen) atoms. The zero-order valence-corrected chi connectivity index (χ0v) is 20.2. The minimum Gasteiger partial charge on any atom is -0.504 e. The maximum atomic E-state index is 12.8. The van der Waals surface area contributed by atoms with Gasteiger partial charge in [0.25, 0.3) is 5.56 Å². The van der Waals surface area contributed by atoms with E-state index in [0.29, 0.717) is 29.7 Å². The van der Waals surface area contributed by atoms with Gasteiger partial charge in [-0.1, -0.05) is 38.1 Å². The molecule has 2 heterocycles. The van der Waals surface area contributed by atoms with Crippen LogP contribution in [-0.2, 0) is 6.54 Å². The van der Waals surface area contributed by atoms with Crippen molar-refractivity contribution >= 4 is 22.7 Å². The predicted molar refractivity (Wildman–Crippen MR) is 134 cm³/mol. The monoisotopic (exact) mass is 465 g/mol. The van der Waals surface area contributed by atoms with E-state index in [2.05, 4.69) is 58.4 Å². The molecule has 0 aliphatic carbocycles. The summed E-state index contributed by atoms with van der Waals surface area (Å²) in [6, 6.07) is 10.0. The fourth-order valence-electron chi connectivity index (χ4n) is 4.48. The Hall–Kier alpha value is -3.75. The van der Waals surface area contributed by atoms with Gasteiger partial charge in [-0.25, -0.2) is 4.98 Å². The van der Waals surface area contributed by atoms with Gasteiger partial charge in [-0.2, -0.15) is 0 Å². The Kier molecular flexibility index (Phi) is 6.63. The largest absolute Gasteiger partial charge is 0.504 e. The number of amidine groups is 1. The van der Waals surface area contributed by atoms with Crippen LogP contribution in [0.2, 0.25) is 0 Å². The summed E-state index contributed by atoms with van der Waals surface area (Å²) in [5.74, 6) is 2.14. The fourth-order valence-corrected chi connectivity index (χ4v) is 4.48. The number of nitrogens with zero attached hydrogens (tertiary/aromatic N) is 3. The molecule has 0 saturated heterocycles. The van der Waals surface area contributed by atoms with Crippen LogP contribution in [0.4, 0.5) is 5.95 Å². The number of phenolic OH excluding ortho intramolecular Hbond substituents is 1. The lowest BCUT2D eigenvalue weighted by molar-refractivity contribution is 0.335. The van der Waals surface area contributed by atoms with Crippen molar-refractivity contribution in [2.24, 2.45) is 10.9 Å². The molecule has 4 rings (SSSR count). The zero-order chi connectivity index (χ0) is 24.4. The van der Waals surface area contributed by atoms with Gasteiger partial charge in [-0.15, -0.1) is 0 Å². The van der Waals surface area contributed by atoms with Crippen molar-refractivity contribution < 1.29 is 14.6 Å². The predicted octanol–water partition coefficient (Wildman–Crippen LogP) is 3.02. The van der Waals surface area contributed by atoms with Gasteiger partial charge in [-0.3, -0.25) is 14.8 Å². The van der Waals surface area contributed by atoms with E-state index in [0.717, 1.165) is 24.5 Å². The first kappa shape index (κ1) is 23.4. The quantitative estimate of drug-likeness (QED) is 0.469. The summed E-state index contributed by atoms with van der Waals surface area (Å²) >= 11 is 0. The van der Waals surface area contributed by atoms with Crippen LogP contribution in [0.1, 0.15) is 30.9 Å². The highest BCUT2D eigenvalue weighted by molar-refractivity contribution is 5.91. The van der Waals surface area contributed by atoms with Crippen LogP contribution in [0.15, 0.2) is 40.1 Å². The van der Waals surface area contributed by atoms with Crippen molar-refractivity contribution in [2.75, 3.05) is 39.3 Å². The van der Waals surface area contributed by atoms with Crippen LogP contribution < -0.4 is 25.2 Å². The Morgan fingerprint density at radius 1 is 1.21 bits per heavy atom. The summed E-state index contributed by atoms with van der Waals surface area (Å²) in [4.78, 5) is 26.7. The average molecular weight is 466 g/mol. The van der Waals surface area contributed by atoms with E-state index in [4.69, 9.17) is 9.47 Å². The molecule has 1 atom stereocenters. The summed E-state index contributed by atoms with van der Waals surface area (Å²) < 4.78 is 10.5. The van der Waals surface area contributed by atoms with Crippen molar-refractivity contribution in [3.05, 3.63) is 51.8 Å².